The van der Waals surface area contributed by atoms with E-state index in [2.05, 4.69) is 9.44 Å². The van der Waals surface area contributed by atoms with Crippen molar-refractivity contribution in [3.05, 3.63) is 24.3 Å². The zero-order valence-corrected chi connectivity index (χ0v) is 13.9. The molecule has 1 aliphatic rings. The van der Waals surface area contributed by atoms with E-state index in [1.807, 2.05) is 0 Å². The van der Waals surface area contributed by atoms with Crippen LogP contribution in [0.25, 0.3) is 0 Å². The Kier molecular flexibility index (Phi) is 5.40. The third-order valence-electron chi connectivity index (χ3n) is 3.20. The second kappa shape index (κ2) is 6.95. The summed E-state index contributed by atoms with van der Waals surface area (Å²) in [5.74, 6) is -0.998. The molecule has 1 aromatic rings. The predicted molar refractivity (Wildman–Crippen MR) is 81.8 cm³/mol. The van der Waals surface area contributed by atoms with E-state index >= 15 is 0 Å². The molecule has 2 rings (SSSR count). The van der Waals surface area contributed by atoms with Gasteiger partial charge in [-0.2, -0.15) is 0 Å². The van der Waals surface area contributed by atoms with Crippen molar-refractivity contribution in [2.24, 2.45) is 0 Å². The molecular weight excluding hydrogens is 344 g/mol. The van der Waals surface area contributed by atoms with Gasteiger partial charge in [-0.15, -0.1) is 0 Å². The van der Waals surface area contributed by atoms with Gasteiger partial charge in [0, 0.05) is 19.0 Å². The highest BCUT2D eigenvalue weighted by atomic mass is 32.2. The van der Waals surface area contributed by atoms with Crippen LogP contribution in [0.15, 0.2) is 34.1 Å². The number of benzene rings is 1. The van der Waals surface area contributed by atoms with Gasteiger partial charge >= 0.3 is 5.97 Å². The first-order chi connectivity index (χ1) is 10.7. The van der Waals surface area contributed by atoms with Gasteiger partial charge in [0.1, 0.15) is 0 Å². The third-order valence-corrected chi connectivity index (χ3v) is 6.22. The summed E-state index contributed by atoms with van der Waals surface area (Å²) < 4.78 is 52.8. The molecule has 0 saturated heterocycles. The van der Waals surface area contributed by atoms with Gasteiger partial charge in [0.05, 0.1) is 9.79 Å². The van der Waals surface area contributed by atoms with E-state index in [1.165, 1.54) is 24.3 Å². The van der Waals surface area contributed by atoms with Gasteiger partial charge < -0.3 is 5.11 Å². The molecule has 8 nitrogen and oxygen atoms in total. The lowest BCUT2D eigenvalue weighted by Gasteiger charge is -2.08. The fourth-order valence-electron chi connectivity index (χ4n) is 1.82. The Morgan fingerprint density at radius 3 is 2.04 bits per heavy atom. The maximum atomic E-state index is 12.0. The van der Waals surface area contributed by atoms with E-state index < -0.39 is 26.0 Å². The molecular formula is C13H18N2O6S2. The van der Waals surface area contributed by atoms with Crippen molar-refractivity contribution in [3.63, 3.8) is 0 Å². The Labute approximate surface area is 135 Å². The molecule has 0 bridgehead atoms. The number of hydrogen-bond acceptors (Lipinski definition) is 5. The zero-order valence-electron chi connectivity index (χ0n) is 12.2. The first-order valence-corrected chi connectivity index (χ1v) is 10.0. The van der Waals surface area contributed by atoms with Gasteiger partial charge in [0.2, 0.25) is 20.0 Å². The van der Waals surface area contributed by atoms with E-state index in [0.29, 0.717) is 0 Å². The normalized spacial score (nSPS) is 15.5. The minimum atomic E-state index is -3.79. The van der Waals surface area contributed by atoms with Crippen LogP contribution in [-0.2, 0) is 24.8 Å². The highest BCUT2D eigenvalue weighted by molar-refractivity contribution is 7.90. The van der Waals surface area contributed by atoms with Gasteiger partial charge in [0.15, 0.2) is 0 Å². The minimum Gasteiger partial charge on any atom is -0.481 e. The Morgan fingerprint density at radius 1 is 1.04 bits per heavy atom. The lowest BCUT2D eigenvalue weighted by Crippen LogP contribution is -2.26. The van der Waals surface area contributed by atoms with E-state index in [1.54, 1.807) is 0 Å². The molecule has 1 saturated carbocycles. The Hall–Kier alpha value is -1.49. The van der Waals surface area contributed by atoms with Crippen LogP contribution < -0.4 is 9.44 Å². The monoisotopic (exact) mass is 362 g/mol. The average molecular weight is 362 g/mol. The van der Waals surface area contributed by atoms with Crippen molar-refractivity contribution < 1.29 is 26.7 Å². The van der Waals surface area contributed by atoms with Crippen molar-refractivity contribution in [2.75, 3.05) is 6.54 Å². The highest BCUT2D eigenvalue weighted by Gasteiger charge is 2.28. The van der Waals surface area contributed by atoms with Crippen molar-refractivity contribution >= 4 is 26.0 Å². The standard InChI is InChI=1S/C13H18N2O6S2/c16-13(17)2-1-9-14-22(18,19)11-5-7-12(8-6-11)23(20,21)15-10-3-4-10/h5-8,10,14-15H,1-4,9H2,(H,16,17). The molecule has 0 atom stereocenters. The summed E-state index contributed by atoms with van der Waals surface area (Å²) in [5.41, 5.74) is 0. The Bertz CT molecular complexity index is 767. The molecule has 1 aromatic carbocycles. The van der Waals surface area contributed by atoms with Crippen LogP contribution in [0.4, 0.5) is 0 Å². The van der Waals surface area contributed by atoms with E-state index in [9.17, 15) is 21.6 Å². The van der Waals surface area contributed by atoms with Gasteiger partial charge in [-0.1, -0.05) is 0 Å². The number of sulfonamides is 2. The molecule has 0 aromatic heterocycles. The highest BCUT2D eigenvalue weighted by Crippen LogP contribution is 2.22. The summed E-state index contributed by atoms with van der Waals surface area (Å²) in [5, 5.41) is 8.49. The molecule has 0 amide bonds. The van der Waals surface area contributed by atoms with Crippen LogP contribution in [0.5, 0.6) is 0 Å². The molecule has 0 spiro atoms. The molecule has 1 fully saturated rings. The summed E-state index contributed by atoms with van der Waals surface area (Å²) >= 11 is 0. The second-order valence-corrected chi connectivity index (χ2v) is 8.74. The van der Waals surface area contributed by atoms with Crippen molar-refractivity contribution in [3.8, 4) is 0 Å². The quantitative estimate of drug-likeness (QED) is 0.541. The van der Waals surface area contributed by atoms with E-state index in [-0.39, 0.29) is 35.2 Å². The van der Waals surface area contributed by atoms with Crippen molar-refractivity contribution in [1.29, 1.82) is 0 Å². The number of carboxylic acid groups (broad SMARTS) is 1. The minimum absolute atomic E-state index is 0.00206. The number of hydrogen-bond donors (Lipinski definition) is 3. The third kappa shape index (κ3) is 5.27. The first kappa shape index (κ1) is 17.9. The molecule has 1 aliphatic carbocycles. The van der Waals surface area contributed by atoms with Gasteiger partial charge in [-0.25, -0.2) is 26.3 Å². The Morgan fingerprint density at radius 2 is 1.57 bits per heavy atom. The van der Waals surface area contributed by atoms with E-state index in [4.69, 9.17) is 5.11 Å². The van der Waals surface area contributed by atoms with Crippen LogP contribution in [0.1, 0.15) is 25.7 Å². The molecule has 3 N–H and O–H groups in total. The van der Waals surface area contributed by atoms with Crippen LogP contribution in [0.2, 0.25) is 0 Å². The molecule has 10 heteroatoms. The predicted octanol–water partition coefficient (Wildman–Crippen LogP) is 0.270. The molecule has 23 heavy (non-hydrogen) atoms. The molecule has 0 unspecified atom stereocenters. The Balaban J connectivity index is 2.01. The summed E-state index contributed by atoms with van der Waals surface area (Å²) in [6.07, 6.45) is 1.66. The fraction of sp³-hybridized carbons (Fsp3) is 0.462. The van der Waals surface area contributed by atoms with Crippen LogP contribution >= 0.6 is 0 Å². The SMILES string of the molecule is O=C(O)CCCNS(=O)(=O)c1ccc(S(=O)(=O)NC2CC2)cc1. The van der Waals surface area contributed by atoms with Crippen LogP contribution in [-0.4, -0.2) is 40.5 Å². The molecule has 0 aliphatic heterocycles. The lowest BCUT2D eigenvalue weighted by molar-refractivity contribution is -0.137. The summed E-state index contributed by atoms with van der Waals surface area (Å²) in [6.45, 7) is -0.00206. The summed E-state index contributed by atoms with van der Waals surface area (Å²) in [4.78, 5) is 10.3. The number of nitrogens with one attached hydrogen (secondary N) is 2. The van der Waals surface area contributed by atoms with Gasteiger partial charge in [-0.05, 0) is 43.5 Å². The average Bonchev–Trinajstić information content (AvgIpc) is 3.27. The molecule has 0 heterocycles. The van der Waals surface area contributed by atoms with Gasteiger partial charge in [-0.3, -0.25) is 4.79 Å². The number of rotatable bonds is 9. The van der Waals surface area contributed by atoms with Crippen molar-refractivity contribution in [1.82, 2.24) is 9.44 Å². The second-order valence-electron chi connectivity index (χ2n) is 5.26. The number of aliphatic carboxylic acids is 1. The topological polar surface area (TPSA) is 130 Å². The summed E-state index contributed by atoms with van der Waals surface area (Å²) in [6, 6.07) is 4.86. The molecule has 0 radical (unpaired) electrons. The van der Waals surface area contributed by atoms with Crippen LogP contribution in [0, 0.1) is 0 Å². The maximum Gasteiger partial charge on any atom is 0.303 e. The van der Waals surface area contributed by atoms with E-state index in [0.717, 1.165) is 12.8 Å². The smallest absolute Gasteiger partial charge is 0.303 e. The number of carbonyl (C=O) groups is 1. The van der Waals surface area contributed by atoms with Crippen LogP contribution in [0.3, 0.4) is 0 Å². The molecule has 128 valence electrons. The maximum absolute atomic E-state index is 12.0. The lowest BCUT2D eigenvalue weighted by atomic mass is 10.3. The zero-order chi connectivity index (χ0) is 17.1. The van der Waals surface area contributed by atoms with Crippen molar-refractivity contribution in [2.45, 2.75) is 41.5 Å². The van der Waals surface area contributed by atoms with Gasteiger partial charge in [0.25, 0.3) is 0 Å². The first-order valence-electron chi connectivity index (χ1n) is 7.04. The fourth-order valence-corrected chi connectivity index (χ4v) is 4.20. The number of carboxylic acids is 1. The largest absolute Gasteiger partial charge is 0.481 e. The summed E-state index contributed by atoms with van der Waals surface area (Å²) in [7, 11) is -7.41.